The number of Topliss-reactive ketones (excluding diaryl/α,β-unsaturated/α-hetero) is 1. The summed E-state index contributed by atoms with van der Waals surface area (Å²) < 4.78 is 104. The molecular weight excluding hydrogens is 2370 g/mol. The van der Waals surface area contributed by atoms with Gasteiger partial charge in [-0.05, 0) is 169 Å². The van der Waals surface area contributed by atoms with E-state index in [0.717, 1.165) is 49.4 Å². The number of anilines is 2. The Balaban J connectivity index is -0.000000153. The first-order valence-corrected chi connectivity index (χ1v) is 48.5. The summed E-state index contributed by atoms with van der Waals surface area (Å²) in [6, 6.07) is 2.19. The molecule has 12 aromatic heterocycles. The third kappa shape index (κ3) is 66.8. The van der Waals surface area contributed by atoms with Crippen molar-refractivity contribution in [2.75, 3.05) is 99.5 Å². The van der Waals surface area contributed by atoms with Gasteiger partial charge in [0.05, 0.1) is 57.7 Å². The van der Waals surface area contributed by atoms with Crippen LogP contribution in [0.25, 0.3) is 19.7 Å². The Morgan fingerprint density at radius 3 is 1.50 bits per heavy atom. The number of hydrogen-bond donors (Lipinski definition) is 2. The van der Waals surface area contributed by atoms with Gasteiger partial charge in [-0.25, -0.2) is 34.9 Å². The molecule has 0 unspecified atom stereocenters. The van der Waals surface area contributed by atoms with Crippen molar-refractivity contribution >= 4 is 276 Å². The van der Waals surface area contributed by atoms with Crippen molar-refractivity contribution in [3.63, 3.8) is 0 Å². The quantitative estimate of drug-likeness (QED) is 0.0103. The summed E-state index contributed by atoms with van der Waals surface area (Å²) in [5.41, 5.74) is 20.5. The molecule has 0 amide bonds. The Morgan fingerprint density at radius 1 is 0.669 bits per heavy atom. The molecule has 0 aromatic carbocycles. The van der Waals surface area contributed by atoms with E-state index in [1.54, 1.807) is 102 Å². The van der Waals surface area contributed by atoms with Crippen LogP contribution < -0.4 is 16.0 Å². The second kappa shape index (κ2) is 84.2. The van der Waals surface area contributed by atoms with Crippen LogP contribution in [-0.4, -0.2) is 227 Å². The summed E-state index contributed by atoms with van der Waals surface area (Å²) in [5, 5.41) is 3.52. The van der Waals surface area contributed by atoms with Gasteiger partial charge in [0.2, 0.25) is 29.4 Å². The van der Waals surface area contributed by atoms with Crippen LogP contribution in [0.1, 0.15) is 105 Å². The van der Waals surface area contributed by atoms with Gasteiger partial charge in [0, 0.05) is 213 Å². The smallest absolute Gasteiger partial charge is 0.491 e. The molecule has 0 atom stereocenters. The number of fused-ring (bicyclic) bond motifs is 4. The number of nitrogen functional groups attached to an aromatic ring is 2. The zero-order valence-electron chi connectivity index (χ0n) is 78.6. The van der Waals surface area contributed by atoms with E-state index < -0.39 is 36.8 Å². The molecule has 726 valence electrons. The van der Waals surface area contributed by atoms with Gasteiger partial charge in [0.25, 0.3) is 0 Å². The molecule has 0 saturated heterocycles. The predicted octanol–water partition coefficient (Wildman–Crippen LogP) is 19.2. The van der Waals surface area contributed by atoms with E-state index in [1.807, 2.05) is 114 Å². The van der Waals surface area contributed by atoms with E-state index in [4.69, 9.17) is 63.4 Å². The Bertz CT molecular complexity index is 5130. The van der Waals surface area contributed by atoms with Gasteiger partial charge in [-0.2, -0.15) is 51.5 Å². The van der Waals surface area contributed by atoms with Gasteiger partial charge in [-0.1, -0.05) is 50.1 Å². The molecule has 5 N–H and O–H groups in total. The van der Waals surface area contributed by atoms with Crippen LogP contribution in [0.2, 0.25) is 0 Å². The van der Waals surface area contributed by atoms with E-state index >= 15 is 0 Å². The van der Waals surface area contributed by atoms with Crippen molar-refractivity contribution in [1.29, 1.82) is 1.34 Å². The maximum Gasteiger partial charge on any atom is 0.491 e. The average molecular weight is 2480 g/mol. The van der Waals surface area contributed by atoms with Crippen molar-refractivity contribution in [2.45, 2.75) is 136 Å². The van der Waals surface area contributed by atoms with Crippen molar-refractivity contribution in [2.24, 2.45) is 9.98 Å². The van der Waals surface area contributed by atoms with Gasteiger partial charge >= 0.3 is 47.1 Å². The number of rotatable bonds is 13. The molecule has 130 heavy (non-hydrogen) atoms. The first-order valence-electron chi connectivity index (χ1n) is 37.1. The summed E-state index contributed by atoms with van der Waals surface area (Å²) in [6.07, 6.45) is 17.5. The maximum absolute atomic E-state index is 11.1. The maximum atomic E-state index is 11.1. The number of methoxy groups -OCH3 is 2. The molecule has 2 radical (unpaired) electrons. The number of aliphatic imine (C=N–C) groups is 2. The van der Waals surface area contributed by atoms with Crippen LogP contribution in [0, 0.1) is 128 Å². The number of carbonyl (C=O) groups excluding carboxylic acids is 10. The Kier molecular flexibility index (Phi) is 88.5. The number of aryl methyl sites for hydroxylation is 13. The third-order valence-electron chi connectivity index (χ3n) is 13.5. The standard InChI is InChI=1S/C11H19N3S.C9H12N2S.C8H13N3S.2C7H8N2S.C7H7NS.C5H8N2S.C5H13NO2.C4H7BrO2.C3H2BrF3O.C3H4N2S.2CH3F.4CO2.BH.BrH.Cl3OP.H2O.U/c1-6-7-14-9(2)10(3)15-11(14)12-8-13(4)5;1-4-8-5-10-9-11(8)6(2)7(3)12-9;1-6-7(2)12-8(10-6)9-5-11(3)4;1-5-3-8-7-9(5)4-6(2)10-7;1-5-6(2)10-7-8-3-4-9(5)7;1-6-4-7-8(5-6)2-3-9-7;1-3-4(2)8-5(6)7-3;1-6(2)5(7-3)8-4;1-2-7-4(6)3-5;4-1-2(8)3(5,6)7;4-3-5-1-2-6-3;2*1-2;4*2-1-3;;;1-5(2,3)4;;/h7-8H,6H2,1-5H3;5H,4H2,1-3H3;5H,1-4H3;2*3-4H,1-2H3;2-5H,1H3;1-2H3,(H2,6,7);5H,1-4H3;2-3H2,1H3;1H2;1-2H,(H2,4,5);2*1H3;;;;;2*1H;;1H2;/q+2;;;;;;;;;;;;;;;;;;;;;/p-1/i;;;;;;;;;;;2*1D;;;;;1D;;;;. The number of esters is 1. The molecule has 0 saturated carbocycles. The summed E-state index contributed by atoms with van der Waals surface area (Å²) in [4.78, 5) is 136. The summed E-state index contributed by atoms with van der Waals surface area (Å²) in [6.45, 7) is 35.8. The summed E-state index contributed by atoms with van der Waals surface area (Å²) >= 11 is 32.5. The van der Waals surface area contributed by atoms with Gasteiger partial charge in [0.1, 0.15) is 10.2 Å². The molecular formula is C75H110BBr3Cl3F5N18O15PS8U+. The molecule has 33 nitrogen and oxygen atoms in total. The van der Waals surface area contributed by atoms with E-state index in [-0.39, 0.29) is 90.6 Å². The first-order chi connectivity index (χ1) is 60.9. The summed E-state index contributed by atoms with van der Waals surface area (Å²) in [5.74, 6) is -1.96. The number of ketones is 1. The Morgan fingerprint density at radius 2 is 1.15 bits per heavy atom. The number of imidazole rings is 3. The minimum atomic E-state index is -4.68. The van der Waals surface area contributed by atoms with E-state index in [1.165, 1.54) is 90.8 Å². The Hall–Kier alpha value is -6.51. The average Bonchev–Trinajstić information content (AvgIpc) is 1.67. The number of halogens is 11. The fourth-order valence-electron chi connectivity index (χ4n) is 7.82. The van der Waals surface area contributed by atoms with Crippen LogP contribution in [0.4, 0.5) is 42.5 Å². The van der Waals surface area contributed by atoms with Gasteiger partial charge in [0.15, 0.2) is 31.7 Å². The normalized spacial score (nSPS) is 9.65. The molecule has 55 heteroatoms. The molecule has 0 bridgehead atoms. The minimum absolute atomic E-state index is 0. The number of thiazole rings is 8. The molecule has 0 spiro atoms. The number of nitrogens with zero attached hydrogens (tertiary/aromatic N) is 16. The fraction of sp³-hybridized carbons (Fsp3) is 0.440. The largest absolute Gasteiger partial charge is 0.870 e. The van der Waals surface area contributed by atoms with E-state index in [9.17, 15) is 36.1 Å². The fourth-order valence-corrected chi connectivity index (χ4v) is 14.6. The second-order valence-electron chi connectivity index (χ2n) is 23.4. The van der Waals surface area contributed by atoms with E-state index in [0.29, 0.717) is 22.2 Å². The number of ether oxygens (including phenoxy) is 3. The Labute approximate surface area is 857 Å². The molecule has 12 rings (SSSR count). The molecule has 0 aliphatic heterocycles. The second-order valence-corrected chi connectivity index (χ2v) is 40.2. The van der Waals surface area contributed by atoms with Crippen LogP contribution in [0.5, 0.6) is 0 Å². The molecule has 0 aliphatic rings. The van der Waals surface area contributed by atoms with Gasteiger partial charge in [-0.3, -0.25) is 41.0 Å². The topological polar surface area (TPSA) is 431 Å². The van der Waals surface area contributed by atoms with Crippen LogP contribution in [0.15, 0.2) is 76.4 Å². The van der Waals surface area contributed by atoms with Crippen molar-refractivity contribution in [3.05, 3.63) is 148 Å². The zero-order valence-corrected chi connectivity index (χ0v) is 94.3. The number of aromatic nitrogens is 11. The van der Waals surface area contributed by atoms with Gasteiger partial charge < -0.3 is 45.4 Å². The van der Waals surface area contributed by atoms with Crippen molar-refractivity contribution < 1.29 is 133 Å². The number of alkyl halides is 7. The van der Waals surface area contributed by atoms with Gasteiger partial charge in [-0.15, -0.1) is 85.0 Å². The molecule has 0 aliphatic carbocycles. The molecule has 12 aromatic rings. The van der Waals surface area contributed by atoms with Crippen molar-refractivity contribution in [1.82, 2.24) is 62.2 Å². The minimum Gasteiger partial charge on any atom is -0.870 e. The molecule has 12 heterocycles. The zero-order chi connectivity index (χ0) is 102. The predicted molar refractivity (Wildman–Crippen MR) is 524 cm³/mol. The first kappa shape index (κ1) is 137. The van der Waals surface area contributed by atoms with E-state index in [2.05, 4.69) is 260 Å². The molecule has 0 fully saturated rings. The van der Waals surface area contributed by atoms with Crippen LogP contribution in [-0.2, 0) is 73.1 Å². The van der Waals surface area contributed by atoms with Crippen molar-refractivity contribution in [3.8, 4) is 0 Å². The van der Waals surface area contributed by atoms with Crippen LogP contribution in [0.3, 0.4) is 0 Å². The monoisotopic (exact) mass is 2480 g/mol. The third-order valence-corrected chi connectivity index (χ3v) is 22.0. The number of nitrogens with two attached hydrogens (primary N) is 2. The van der Waals surface area contributed by atoms with Crippen LogP contribution >= 0.6 is 178 Å². The summed E-state index contributed by atoms with van der Waals surface area (Å²) in [7, 11) is 16.6. The number of hydrogen-bond acceptors (Lipinski definition) is 34. The number of carbonyl (C=O) groups is 2. The SMILES string of the molecule is Br.CCOC(=O)CBr.CC[CH+][n+]1c(N=CN(C)C)sc(C)c1C.CCc1cnc2sc(C)c(C)n12.COC(OC)N(C)C.Cc1cc2sccn2c1.Cc1cn2c(C)cnc2s1.Cc1nc(N)sc1C.Cc1nc(N=CN(C)C)sc1C.Cc1sc2nccn2c1C.Nc1nccs1.O=C(CBr)C(F)(F)F.O=C=O.O=C=O.O=C=O.O=C=O.O=P(Cl)(Cl)Cl.[2H]CF.[2H]CF.[2H][B].[OH-].[U].